The highest BCUT2D eigenvalue weighted by atomic mass is 16.3. The van der Waals surface area contributed by atoms with E-state index in [2.05, 4.69) is 0 Å². The van der Waals surface area contributed by atoms with Crippen LogP contribution in [0.3, 0.4) is 0 Å². The standard InChI is InChI=1S/C6H10N2O3.C5H8N2O3/c1-2-3-8-5(10)4(9)7-6(8)11;1-2-7-4(9)3(8)6-5(7)10/h5,10H,2-3H2,1H3,(H,7,9,11);4,9H,2H2,1H3,(H,6,8,10). The fourth-order valence-electron chi connectivity index (χ4n) is 1.77. The van der Waals surface area contributed by atoms with Crippen LogP contribution in [0.5, 0.6) is 0 Å². The summed E-state index contributed by atoms with van der Waals surface area (Å²) >= 11 is 0. The number of urea groups is 2. The van der Waals surface area contributed by atoms with E-state index < -0.39 is 36.3 Å². The van der Waals surface area contributed by atoms with Crippen LogP contribution < -0.4 is 10.6 Å². The monoisotopic (exact) mass is 302 g/mol. The number of rotatable bonds is 3. The van der Waals surface area contributed by atoms with Crippen LogP contribution in [0.2, 0.25) is 0 Å². The second kappa shape index (κ2) is 6.99. The topological polar surface area (TPSA) is 139 Å². The largest absolute Gasteiger partial charge is 0.365 e. The first-order valence-corrected chi connectivity index (χ1v) is 6.42. The summed E-state index contributed by atoms with van der Waals surface area (Å²) < 4.78 is 0. The predicted molar refractivity (Wildman–Crippen MR) is 68.5 cm³/mol. The number of aliphatic hydroxyl groups is 2. The summed E-state index contributed by atoms with van der Waals surface area (Å²) in [5.41, 5.74) is 0. The molecular weight excluding hydrogens is 284 g/mol. The van der Waals surface area contributed by atoms with E-state index in [-0.39, 0.29) is 0 Å². The van der Waals surface area contributed by atoms with Crippen molar-refractivity contribution in [3.05, 3.63) is 0 Å². The van der Waals surface area contributed by atoms with Gasteiger partial charge in [0, 0.05) is 13.1 Å². The second-order valence-electron chi connectivity index (χ2n) is 4.32. The number of carbonyl (C=O) groups is 4. The first-order valence-electron chi connectivity index (χ1n) is 6.42. The zero-order valence-electron chi connectivity index (χ0n) is 11.7. The van der Waals surface area contributed by atoms with Gasteiger partial charge in [0.2, 0.25) is 12.5 Å². The van der Waals surface area contributed by atoms with E-state index >= 15 is 0 Å². The van der Waals surface area contributed by atoms with Crippen molar-refractivity contribution in [3.8, 4) is 0 Å². The highest BCUT2D eigenvalue weighted by molar-refractivity contribution is 6.03. The molecule has 2 unspecified atom stereocenters. The Labute approximate surface area is 120 Å². The molecule has 6 amide bonds. The van der Waals surface area contributed by atoms with Crippen LogP contribution >= 0.6 is 0 Å². The van der Waals surface area contributed by atoms with Gasteiger partial charge in [-0.05, 0) is 13.3 Å². The third-order valence-corrected chi connectivity index (χ3v) is 2.85. The van der Waals surface area contributed by atoms with E-state index in [0.717, 1.165) is 16.2 Å². The molecule has 0 aromatic rings. The van der Waals surface area contributed by atoms with Crippen molar-refractivity contribution in [2.45, 2.75) is 32.7 Å². The molecule has 0 aromatic carbocycles. The number of hydrogen-bond donors (Lipinski definition) is 4. The van der Waals surface area contributed by atoms with Crippen LogP contribution in [-0.4, -0.2) is 69.4 Å². The normalized spacial score (nSPS) is 24.8. The molecular formula is C11H18N4O6. The number of aliphatic hydroxyl groups excluding tert-OH is 2. The van der Waals surface area contributed by atoms with E-state index in [4.69, 9.17) is 10.2 Å². The molecule has 10 heteroatoms. The summed E-state index contributed by atoms with van der Waals surface area (Å²) in [6.07, 6.45) is -1.86. The maximum Gasteiger partial charge on any atom is 0.326 e. The number of hydrogen-bond acceptors (Lipinski definition) is 6. The summed E-state index contributed by atoms with van der Waals surface area (Å²) in [5, 5.41) is 21.9. The molecule has 0 spiro atoms. The lowest BCUT2D eigenvalue weighted by atomic mass is 10.4. The molecule has 0 aromatic heterocycles. The molecule has 0 radical (unpaired) electrons. The quantitative estimate of drug-likeness (QED) is 0.451. The summed E-state index contributed by atoms with van der Waals surface area (Å²) in [5.74, 6) is -1.28. The highest BCUT2D eigenvalue weighted by Gasteiger charge is 2.36. The number of amides is 6. The smallest absolute Gasteiger partial charge is 0.326 e. The Kier molecular flexibility index (Phi) is 5.61. The van der Waals surface area contributed by atoms with Crippen molar-refractivity contribution in [1.82, 2.24) is 20.4 Å². The molecule has 2 fully saturated rings. The second-order valence-corrected chi connectivity index (χ2v) is 4.32. The maximum absolute atomic E-state index is 10.8. The van der Waals surface area contributed by atoms with Crippen LogP contribution in [0.4, 0.5) is 9.59 Å². The number of imide groups is 2. The summed E-state index contributed by atoms with van der Waals surface area (Å²) in [6, 6.07) is -1.04. The van der Waals surface area contributed by atoms with Gasteiger partial charge in [0.15, 0.2) is 0 Å². The molecule has 2 heterocycles. The van der Waals surface area contributed by atoms with Crippen molar-refractivity contribution < 1.29 is 29.4 Å². The molecule has 2 rings (SSSR count). The number of nitrogens with one attached hydrogen (secondary N) is 2. The minimum Gasteiger partial charge on any atom is -0.365 e. The fraction of sp³-hybridized carbons (Fsp3) is 0.636. The molecule has 0 bridgehead atoms. The lowest BCUT2D eigenvalue weighted by Crippen LogP contribution is -2.35. The lowest BCUT2D eigenvalue weighted by molar-refractivity contribution is -0.131. The van der Waals surface area contributed by atoms with Gasteiger partial charge < -0.3 is 10.2 Å². The molecule has 2 aliphatic rings. The van der Waals surface area contributed by atoms with Crippen molar-refractivity contribution >= 4 is 23.9 Å². The van der Waals surface area contributed by atoms with Crippen LogP contribution in [0.15, 0.2) is 0 Å². The Morgan fingerprint density at radius 3 is 1.57 bits per heavy atom. The fourth-order valence-corrected chi connectivity index (χ4v) is 1.77. The van der Waals surface area contributed by atoms with Crippen molar-refractivity contribution in [2.24, 2.45) is 0 Å². The highest BCUT2D eigenvalue weighted by Crippen LogP contribution is 2.05. The third kappa shape index (κ3) is 3.67. The first kappa shape index (κ1) is 16.9. The first-order chi connectivity index (χ1) is 9.83. The molecule has 2 aliphatic heterocycles. The Hall–Kier alpha value is -2.20. The average Bonchev–Trinajstić information content (AvgIpc) is 2.81. The predicted octanol–water partition coefficient (Wildman–Crippen LogP) is -1.86. The zero-order chi connectivity index (χ0) is 16.2. The molecule has 21 heavy (non-hydrogen) atoms. The van der Waals surface area contributed by atoms with Gasteiger partial charge in [-0.15, -0.1) is 0 Å². The zero-order valence-corrected chi connectivity index (χ0v) is 11.7. The lowest BCUT2D eigenvalue weighted by Gasteiger charge is -2.15. The Balaban J connectivity index is 0.000000211. The van der Waals surface area contributed by atoms with E-state index in [1.165, 1.54) is 0 Å². The van der Waals surface area contributed by atoms with Gasteiger partial charge in [0.25, 0.3) is 11.8 Å². The van der Waals surface area contributed by atoms with Crippen LogP contribution in [-0.2, 0) is 9.59 Å². The Bertz CT molecular complexity index is 454. The Morgan fingerprint density at radius 1 is 0.905 bits per heavy atom. The SMILES string of the molecule is CCCN1C(=O)NC(=O)C1O.CCN1C(=O)NC(=O)C1O. The molecule has 2 saturated heterocycles. The van der Waals surface area contributed by atoms with Gasteiger partial charge >= 0.3 is 12.1 Å². The van der Waals surface area contributed by atoms with Gasteiger partial charge in [-0.25, -0.2) is 9.59 Å². The summed E-state index contributed by atoms with van der Waals surface area (Å²) in [7, 11) is 0. The van der Waals surface area contributed by atoms with Crippen LogP contribution in [0.1, 0.15) is 20.3 Å². The van der Waals surface area contributed by atoms with E-state index in [1.807, 2.05) is 17.6 Å². The third-order valence-electron chi connectivity index (χ3n) is 2.85. The van der Waals surface area contributed by atoms with E-state index in [9.17, 15) is 19.2 Å². The van der Waals surface area contributed by atoms with Crippen LogP contribution in [0, 0.1) is 0 Å². The summed E-state index contributed by atoms with van der Waals surface area (Å²) in [6.45, 7) is 4.28. The van der Waals surface area contributed by atoms with E-state index in [1.54, 1.807) is 6.92 Å². The minimum atomic E-state index is -1.29. The number of likely N-dealkylation sites (N-methyl/N-ethyl adjacent to an activating group) is 1. The van der Waals surface area contributed by atoms with Crippen LogP contribution in [0.25, 0.3) is 0 Å². The van der Waals surface area contributed by atoms with Crippen molar-refractivity contribution in [3.63, 3.8) is 0 Å². The number of nitrogens with zero attached hydrogens (tertiary/aromatic N) is 2. The van der Waals surface area contributed by atoms with Gasteiger partial charge in [-0.2, -0.15) is 0 Å². The van der Waals surface area contributed by atoms with Gasteiger partial charge in [0.1, 0.15) is 0 Å². The molecule has 2 atom stereocenters. The van der Waals surface area contributed by atoms with E-state index in [0.29, 0.717) is 13.1 Å². The molecule has 0 saturated carbocycles. The average molecular weight is 302 g/mol. The molecule has 0 aliphatic carbocycles. The van der Waals surface area contributed by atoms with Gasteiger partial charge in [-0.1, -0.05) is 6.92 Å². The van der Waals surface area contributed by atoms with Gasteiger partial charge in [-0.3, -0.25) is 30.0 Å². The number of carbonyl (C=O) groups excluding carboxylic acids is 4. The summed E-state index contributed by atoms with van der Waals surface area (Å²) in [4.78, 5) is 44.8. The Morgan fingerprint density at radius 2 is 1.33 bits per heavy atom. The van der Waals surface area contributed by atoms with Gasteiger partial charge in [0.05, 0.1) is 0 Å². The molecule has 118 valence electrons. The molecule has 10 nitrogen and oxygen atoms in total. The van der Waals surface area contributed by atoms with Crippen molar-refractivity contribution in [2.75, 3.05) is 13.1 Å². The minimum absolute atomic E-state index is 0.332. The molecule has 4 N–H and O–H groups in total. The maximum atomic E-state index is 10.8. The van der Waals surface area contributed by atoms with Crippen molar-refractivity contribution in [1.29, 1.82) is 0 Å².